The lowest BCUT2D eigenvalue weighted by Gasteiger charge is -2.20. The summed E-state index contributed by atoms with van der Waals surface area (Å²) in [7, 11) is 0. The van der Waals surface area contributed by atoms with Crippen molar-refractivity contribution < 1.29 is 4.79 Å². The highest BCUT2D eigenvalue weighted by Crippen LogP contribution is 2.33. The van der Waals surface area contributed by atoms with Crippen molar-refractivity contribution in [1.29, 1.82) is 0 Å². The second-order valence-electron chi connectivity index (χ2n) is 4.36. The number of nitrogens with zero attached hydrogens (tertiary/aromatic N) is 1. The number of thioether (sulfide) groups is 1. The number of amides is 1. The maximum absolute atomic E-state index is 12.1. The van der Waals surface area contributed by atoms with Crippen LogP contribution in [0.25, 0.3) is 0 Å². The molecule has 3 nitrogen and oxygen atoms in total. The summed E-state index contributed by atoms with van der Waals surface area (Å²) in [5.74, 6) is 0.572. The molecular formula is C13H17ClN2OS. The molecule has 1 aliphatic carbocycles. The van der Waals surface area contributed by atoms with Crippen LogP contribution < -0.4 is 5.73 Å². The molecule has 0 unspecified atom stereocenters. The van der Waals surface area contributed by atoms with Gasteiger partial charge in [-0.1, -0.05) is 17.7 Å². The molecule has 0 saturated heterocycles. The molecule has 1 saturated carbocycles. The second-order valence-corrected chi connectivity index (χ2v) is 5.75. The van der Waals surface area contributed by atoms with Crippen molar-refractivity contribution in [2.24, 2.45) is 0 Å². The minimum absolute atomic E-state index is 0.171. The highest BCUT2D eigenvalue weighted by molar-refractivity contribution is 8.00. The van der Waals surface area contributed by atoms with E-state index in [2.05, 4.69) is 0 Å². The number of anilines is 1. The van der Waals surface area contributed by atoms with Crippen LogP contribution in [0.4, 0.5) is 5.69 Å². The Kier molecular flexibility index (Phi) is 4.40. The number of hydrogen-bond acceptors (Lipinski definition) is 3. The SMILES string of the molecule is CCN(C(=O)CSc1c(N)cccc1Cl)C1CC1. The van der Waals surface area contributed by atoms with Gasteiger partial charge in [-0.15, -0.1) is 11.8 Å². The largest absolute Gasteiger partial charge is 0.398 e. The van der Waals surface area contributed by atoms with Crippen LogP contribution in [0, 0.1) is 0 Å². The maximum atomic E-state index is 12.1. The Bertz CT molecular complexity index is 428. The number of rotatable bonds is 5. The third-order valence-corrected chi connectivity index (χ3v) is 4.55. The van der Waals surface area contributed by atoms with Gasteiger partial charge in [0.25, 0.3) is 0 Å². The van der Waals surface area contributed by atoms with E-state index >= 15 is 0 Å². The fourth-order valence-electron chi connectivity index (χ4n) is 1.92. The molecule has 0 radical (unpaired) electrons. The van der Waals surface area contributed by atoms with Crippen LogP contribution in [0.5, 0.6) is 0 Å². The number of halogens is 1. The molecule has 1 fully saturated rings. The number of nitrogen functional groups attached to an aromatic ring is 1. The molecule has 1 aromatic rings. The molecule has 2 N–H and O–H groups in total. The molecule has 5 heteroatoms. The standard InChI is InChI=1S/C13H17ClN2OS/c1-2-16(9-6-7-9)12(17)8-18-13-10(14)4-3-5-11(13)15/h3-5,9H,2,6-8,15H2,1H3. The molecule has 1 aromatic carbocycles. The van der Waals surface area contributed by atoms with E-state index in [1.54, 1.807) is 12.1 Å². The lowest BCUT2D eigenvalue weighted by Crippen LogP contribution is -2.34. The van der Waals surface area contributed by atoms with Crippen molar-refractivity contribution >= 4 is 35.0 Å². The molecule has 0 spiro atoms. The zero-order chi connectivity index (χ0) is 13.1. The van der Waals surface area contributed by atoms with E-state index in [1.165, 1.54) is 11.8 Å². The zero-order valence-electron chi connectivity index (χ0n) is 10.4. The van der Waals surface area contributed by atoms with Gasteiger partial charge in [-0.05, 0) is 31.9 Å². The van der Waals surface area contributed by atoms with Gasteiger partial charge in [-0.25, -0.2) is 0 Å². The summed E-state index contributed by atoms with van der Waals surface area (Å²) in [4.78, 5) is 14.8. The van der Waals surface area contributed by atoms with E-state index in [0.717, 1.165) is 24.3 Å². The van der Waals surface area contributed by atoms with Gasteiger partial charge in [0.2, 0.25) is 5.91 Å². The van der Waals surface area contributed by atoms with Gasteiger partial charge >= 0.3 is 0 Å². The normalized spacial score (nSPS) is 14.6. The van der Waals surface area contributed by atoms with Gasteiger partial charge in [0, 0.05) is 23.2 Å². The Morgan fingerprint density at radius 2 is 2.28 bits per heavy atom. The molecule has 0 aliphatic heterocycles. The maximum Gasteiger partial charge on any atom is 0.233 e. The summed E-state index contributed by atoms with van der Waals surface area (Å²) in [6.07, 6.45) is 2.27. The van der Waals surface area contributed by atoms with Crippen molar-refractivity contribution in [2.45, 2.75) is 30.7 Å². The lowest BCUT2D eigenvalue weighted by molar-refractivity contribution is -0.128. The van der Waals surface area contributed by atoms with Gasteiger partial charge in [0.15, 0.2) is 0 Å². The van der Waals surface area contributed by atoms with Crippen LogP contribution in [0.2, 0.25) is 5.02 Å². The predicted octanol–water partition coefficient (Wildman–Crippen LogP) is 3.03. The Labute approximate surface area is 117 Å². The topological polar surface area (TPSA) is 46.3 Å². The molecule has 1 aliphatic rings. The minimum atomic E-state index is 0.171. The van der Waals surface area contributed by atoms with Crippen LogP contribution in [0.3, 0.4) is 0 Å². The summed E-state index contributed by atoms with van der Waals surface area (Å²) in [6, 6.07) is 5.87. The van der Waals surface area contributed by atoms with Gasteiger partial charge in [0.05, 0.1) is 10.8 Å². The van der Waals surface area contributed by atoms with Crippen LogP contribution in [0.1, 0.15) is 19.8 Å². The van der Waals surface area contributed by atoms with Gasteiger partial charge in [0.1, 0.15) is 0 Å². The summed E-state index contributed by atoms with van der Waals surface area (Å²) in [5, 5.41) is 0.613. The first-order chi connectivity index (χ1) is 8.63. The Balaban J connectivity index is 1.96. The van der Waals surface area contributed by atoms with Gasteiger partial charge < -0.3 is 10.6 Å². The van der Waals surface area contributed by atoms with Crippen LogP contribution in [-0.2, 0) is 4.79 Å². The number of nitrogens with two attached hydrogens (primary N) is 1. The second kappa shape index (κ2) is 5.85. The predicted molar refractivity (Wildman–Crippen MR) is 77.0 cm³/mol. The number of carbonyl (C=O) groups excluding carboxylic acids is 1. The summed E-state index contributed by atoms with van der Waals surface area (Å²) in [6.45, 7) is 2.80. The Hall–Kier alpha value is -0.870. The summed E-state index contributed by atoms with van der Waals surface area (Å²) < 4.78 is 0. The Morgan fingerprint density at radius 3 is 2.83 bits per heavy atom. The smallest absolute Gasteiger partial charge is 0.233 e. The number of carbonyl (C=O) groups is 1. The van der Waals surface area contributed by atoms with E-state index in [4.69, 9.17) is 17.3 Å². The molecule has 18 heavy (non-hydrogen) atoms. The monoisotopic (exact) mass is 284 g/mol. The highest BCUT2D eigenvalue weighted by Gasteiger charge is 2.31. The first kappa shape index (κ1) is 13.6. The van der Waals surface area contributed by atoms with Crippen LogP contribution >= 0.6 is 23.4 Å². The highest BCUT2D eigenvalue weighted by atomic mass is 35.5. The lowest BCUT2D eigenvalue weighted by atomic mass is 10.3. The summed E-state index contributed by atoms with van der Waals surface area (Å²) >= 11 is 7.50. The average molecular weight is 285 g/mol. The van der Waals surface area contributed by atoms with E-state index in [0.29, 0.717) is 22.5 Å². The van der Waals surface area contributed by atoms with Crippen molar-refractivity contribution in [3.05, 3.63) is 23.2 Å². The fourth-order valence-corrected chi connectivity index (χ4v) is 3.14. The molecular weight excluding hydrogens is 268 g/mol. The fraction of sp³-hybridized carbons (Fsp3) is 0.462. The quantitative estimate of drug-likeness (QED) is 0.668. The van der Waals surface area contributed by atoms with Crippen LogP contribution in [-0.4, -0.2) is 29.1 Å². The molecule has 0 atom stereocenters. The molecule has 0 bridgehead atoms. The first-order valence-electron chi connectivity index (χ1n) is 6.09. The molecule has 1 amide bonds. The molecule has 98 valence electrons. The first-order valence-corrected chi connectivity index (χ1v) is 7.46. The van der Waals surface area contributed by atoms with E-state index in [1.807, 2.05) is 17.9 Å². The summed E-state index contributed by atoms with van der Waals surface area (Å²) in [5.41, 5.74) is 6.49. The van der Waals surface area contributed by atoms with Crippen molar-refractivity contribution in [2.75, 3.05) is 18.0 Å². The van der Waals surface area contributed by atoms with Crippen molar-refractivity contribution in [1.82, 2.24) is 4.90 Å². The zero-order valence-corrected chi connectivity index (χ0v) is 11.9. The minimum Gasteiger partial charge on any atom is -0.398 e. The van der Waals surface area contributed by atoms with Crippen molar-refractivity contribution in [3.63, 3.8) is 0 Å². The molecule has 2 rings (SSSR count). The van der Waals surface area contributed by atoms with Crippen LogP contribution in [0.15, 0.2) is 23.1 Å². The number of hydrogen-bond donors (Lipinski definition) is 1. The van der Waals surface area contributed by atoms with Crippen molar-refractivity contribution in [3.8, 4) is 0 Å². The number of benzene rings is 1. The van der Waals surface area contributed by atoms with E-state index < -0.39 is 0 Å². The third kappa shape index (κ3) is 3.12. The molecule has 0 aromatic heterocycles. The Morgan fingerprint density at radius 1 is 1.56 bits per heavy atom. The van der Waals surface area contributed by atoms with Gasteiger partial charge in [-0.2, -0.15) is 0 Å². The van der Waals surface area contributed by atoms with E-state index in [-0.39, 0.29) is 5.91 Å². The third-order valence-electron chi connectivity index (χ3n) is 2.99. The van der Waals surface area contributed by atoms with Gasteiger partial charge in [-0.3, -0.25) is 4.79 Å². The average Bonchev–Trinajstić information content (AvgIpc) is 3.14. The van der Waals surface area contributed by atoms with E-state index in [9.17, 15) is 4.79 Å². The molecule has 0 heterocycles.